The number of amides is 3. The molecular weight excluding hydrogens is 212 g/mol. The van der Waals surface area contributed by atoms with Gasteiger partial charge in [-0.3, -0.25) is 10.1 Å². The van der Waals surface area contributed by atoms with Gasteiger partial charge in [-0.05, 0) is 6.07 Å². The molecule has 6 heteroatoms. The number of fused-ring (bicyclic) bond motifs is 1. The van der Waals surface area contributed by atoms with Gasteiger partial charge in [-0.1, -0.05) is 12.1 Å². The van der Waals surface area contributed by atoms with Gasteiger partial charge in [-0.15, -0.1) is 0 Å². The third kappa shape index (κ3) is 1.19. The van der Waals surface area contributed by atoms with Crippen molar-refractivity contribution in [1.29, 1.82) is 0 Å². The monoisotopic (exact) mass is 220 g/mol. The van der Waals surface area contributed by atoms with Gasteiger partial charge in [0.2, 0.25) is 6.79 Å². The van der Waals surface area contributed by atoms with E-state index >= 15 is 0 Å². The average Bonchev–Trinajstić information content (AvgIpc) is 2.84. The van der Waals surface area contributed by atoms with Gasteiger partial charge < -0.3 is 14.8 Å². The van der Waals surface area contributed by atoms with E-state index in [0.29, 0.717) is 17.1 Å². The number of imide groups is 1. The summed E-state index contributed by atoms with van der Waals surface area (Å²) in [6.45, 7) is 0.134. The molecule has 0 spiro atoms. The van der Waals surface area contributed by atoms with E-state index in [-0.39, 0.29) is 12.7 Å². The Morgan fingerprint density at radius 1 is 1.25 bits per heavy atom. The number of para-hydroxylation sites is 1. The number of ether oxygens (including phenoxy) is 2. The third-order valence-corrected chi connectivity index (χ3v) is 2.51. The van der Waals surface area contributed by atoms with Gasteiger partial charge >= 0.3 is 6.03 Å². The predicted octanol–water partition coefficient (Wildman–Crippen LogP) is 0.296. The highest BCUT2D eigenvalue weighted by Crippen LogP contribution is 2.38. The molecule has 0 bridgehead atoms. The minimum absolute atomic E-state index is 0.134. The van der Waals surface area contributed by atoms with Crippen LogP contribution >= 0.6 is 0 Å². The molecular formula is C10H8N2O4. The lowest BCUT2D eigenvalue weighted by molar-refractivity contribution is -0.120. The lowest BCUT2D eigenvalue weighted by atomic mass is 10.1. The fraction of sp³-hybridized carbons (Fsp3) is 0.200. The van der Waals surface area contributed by atoms with Crippen LogP contribution in [0.15, 0.2) is 18.2 Å². The molecule has 0 saturated carbocycles. The molecule has 3 amide bonds. The molecule has 2 N–H and O–H groups in total. The van der Waals surface area contributed by atoms with E-state index in [1.165, 1.54) is 0 Å². The molecule has 2 aliphatic heterocycles. The average molecular weight is 220 g/mol. The largest absolute Gasteiger partial charge is 0.454 e. The van der Waals surface area contributed by atoms with Crippen LogP contribution < -0.4 is 20.1 Å². The number of benzene rings is 1. The summed E-state index contributed by atoms with van der Waals surface area (Å²) in [6, 6.07) is 4.03. The molecule has 2 aliphatic rings. The number of urea groups is 1. The Kier molecular flexibility index (Phi) is 1.76. The number of nitrogens with one attached hydrogen (secondary N) is 2. The van der Waals surface area contributed by atoms with Crippen LogP contribution in [0.1, 0.15) is 11.6 Å². The van der Waals surface area contributed by atoms with Crippen LogP contribution in [0.2, 0.25) is 0 Å². The van der Waals surface area contributed by atoms with Crippen molar-refractivity contribution in [2.45, 2.75) is 6.04 Å². The molecule has 1 aromatic carbocycles. The van der Waals surface area contributed by atoms with Gasteiger partial charge in [-0.25, -0.2) is 4.79 Å². The first-order valence-electron chi connectivity index (χ1n) is 4.75. The van der Waals surface area contributed by atoms with Gasteiger partial charge in [-0.2, -0.15) is 0 Å². The molecule has 16 heavy (non-hydrogen) atoms. The van der Waals surface area contributed by atoms with Gasteiger partial charge in [0.05, 0.1) is 0 Å². The van der Waals surface area contributed by atoms with Crippen molar-refractivity contribution in [2.24, 2.45) is 0 Å². The minimum atomic E-state index is -0.704. The highest BCUT2D eigenvalue weighted by molar-refractivity contribution is 6.04. The Morgan fingerprint density at radius 3 is 2.88 bits per heavy atom. The van der Waals surface area contributed by atoms with Crippen LogP contribution in [0.3, 0.4) is 0 Å². The first-order valence-corrected chi connectivity index (χ1v) is 4.75. The first-order chi connectivity index (χ1) is 7.75. The van der Waals surface area contributed by atoms with Crippen molar-refractivity contribution in [3.63, 3.8) is 0 Å². The highest BCUT2D eigenvalue weighted by Gasteiger charge is 2.34. The summed E-state index contributed by atoms with van der Waals surface area (Å²) in [5.41, 5.74) is 0.610. The third-order valence-electron chi connectivity index (χ3n) is 2.51. The molecule has 1 atom stereocenters. The van der Waals surface area contributed by atoms with E-state index in [1.54, 1.807) is 18.2 Å². The van der Waals surface area contributed by atoms with Crippen LogP contribution in [-0.2, 0) is 4.79 Å². The van der Waals surface area contributed by atoms with Crippen LogP contribution in [0.5, 0.6) is 11.5 Å². The zero-order valence-corrected chi connectivity index (χ0v) is 8.15. The second-order valence-electron chi connectivity index (χ2n) is 3.48. The first kappa shape index (κ1) is 9.02. The van der Waals surface area contributed by atoms with Crippen LogP contribution in [0, 0.1) is 0 Å². The summed E-state index contributed by atoms with van der Waals surface area (Å²) in [4.78, 5) is 22.5. The van der Waals surface area contributed by atoms with E-state index < -0.39 is 12.1 Å². The molecule has 1 unspecified atom stereocenters. The van der Waals surface area contributed by atoms with Crippen molar-refractivity contribution < 1.29 is 19.1 Å². The number of carbonyl (C=O) groups is 2. The van der Waals surface area contributed by atoms with Crippen LogP contribution in [0.25, 0.3) is 0 Å². The van der Waals surface area contributed by atoms with Gasteiger partial charge in [0.15, 0.2) is 11.5 Å². The lowest BCUT2D eigenvalue weighted by Crippen LogP contribution is -2.22. The fourth-order valence-corrected chi connectivity index (χ4v) is 1.82. The zero-order valence-electron chi connectivity index (χ0n) is 8.15. The molecule has 1 aromatic rings. The van der Waals surface area contributed by atoms with E-state index in [9.17, 15) is 9.59 Å². The lowest BCUT2D eigenvalue weighted by Gasteiger charge is -2.09. The summed E-state index contributed by atoms with van der Waals surface area (Å²) in [5.74, 6) is 0.727. The van der Waals surface area contributed by atoms with Crippen molar-refractivity contribution in [1.82, 2.24) is 10.6 Å². The van der Waals surface area contributed by atoms with E-state index in [0.717, 1.165) is 0 Å². The molecule has 0 aromatic heterocycles. The standard InChI is InChI=1S/C10H8N2O4/c13-9-7(11-10(14)12-9)5-2-1-3-6-8(5)16-4-15-6/h1-3,7H,4H2,(H2,11,12,13,14). The smallest absolute Gasteiger partial charge is 0.322 e. The maximum Gasteiger partial charge on any atom is 0.322 e. The van der Waals surface area contributed by atoms with Gasteiger partial charge in [0.25, 0.3) is 5.91 Å². The molecule has 0 aliphatic carbocycles. The minimum Gasteiger partial charge on any atom is -0.454 e. The van der Waals surface area contributed by atoms with Crippen LogP contribution in [-0.4, -0.2) is 18.7 Å². The molecule has 2 heterocycles. The van der Waals surface area contributed by atoms with Crippen molar-refractivity contribution in [2.75, 3.05) is 6.79 Å². The number of carbonyl (C=O) groups excluding carboxylic acids is 2. The van der Waals surface area contributed by atoms with Gasteiger partial charge in [0.1, 0.15) is 6.04 Å². The van der Waals surface area contributed by atoms with Crippen molar-refractivity contribution in [3.8, 4) is 11.5 Å². The topological polar surface area (TPSA) is 76.7 Å². The summed E-state index contributed by atoms with van der Waals surface area (Å²) < 4.78 is 10.5. The van der Waals surface area contributed by atoms with E-state index in [4.69, 9.17) is 9.47 Å². The highest BCUT2D eigenvalue weighted by atomic mass is 16.7. The number of hydrogen-bond acceptors (Lipinski definition) is 4. The quantitative estimate of drug-likeness (QED) is 0.667. The Labute approximate surface area is 90.5 Å². The summed E-state index contributed by atoms with van der Waals surface area (Å²) in [5, 5.41) is 4.69. The molecule has 6 nitrogen and oxygen atoms in total. The molecule has 0 radical (unpaired) electrons. The van der Waals surface area contributed by atoms with E-state index in [1.807, 2.05) is 0 Å². The summed E-state index contributed by atoms with van der Waals surface area (Å²) in [7, 11) is 0. The Morgan fingerprint density at radius 2 is 2.12 bits per heavy atom. The second-order valence-corrected chi connectivity index (χ2v) is 3.48. The Hall–Kier alpha value is -2.24. The summed E-state index contributed by atoms with van der Waals surface area (Å²) in [6.07, 6.45) is 0. The molecule has 1 fully saturated rings. The predicted molar refractivity (Wildman–Crippen MR) is 52.0 cm³/mol. The number of hydrogen-bond donors (Lipinski definition) is 2. The SMILES string of the molecule is O=C1NC(=O)C(c2cccc3c2OCO3)N1. The van der Waals surface area contributed by atoms with Crippen molar-refractivity contribution in [3.05, 3.63) is 23.8 Å². The Balaban J connectivity index is 2.04. The molecule has 3 rings (SSSR count). The normalized spacial score (nSPS) is 21.9. The maximum atomic E-state index is 11.5. The second kappa shape index (κ2) is 3.13. The molecule has 1 saturated heterocycles. The van der Waals surface area contributed by atoms with Crippen molar-refractivity contribution >= 4 is 11.9 Å². The number of rotatable bonds is 1. The Bertz CT molecular complexity index is 486. The van der Waals surface area contributed by atoms with Gasteiger partial charge in [0, 0.05) is 5.56 Å². The van der Waals surface area contributed by atoms with E-state index in [2.05, 4.69) is 10.6 Å². The van der Waals surface area contributed by atoms with Crippen LogP contribution in [0.4, 0.5) is 4.79 Å². The molecule has 82 valence electrons. The zero-order chi connectivity index (χ0) is 11.1. The summed E-state index contributed by atoms with van der Waals surface area (Å²) >= 11 is 0. The maximum absolute atomic E-state index is 11.5. The fourth-order valence-electron chi connectivity index (χ4n) is 1.82.